The second-order valence-corrected chi connectivity index (χ2v) is 7.44. The van der Waals surface area contributed by atoms with Crippen molar-refractivity contribution < 1.29 is 13.2 Å². The molecule has 0 heterocycles. The fourth-order valence-corrected chi connectivity index (χ4v) is 5.07. The summed E-state index contributed by atoms with van der Waals surface area (Å²) in [4.78, 5) is 0.0913. The Morgan fingerprint density at radius 2 is 2.00 bits per heavy atom. The van der Waals surface area contributed by atoms with Gasteiger partial charge in [0.2, 0.25) is 10.0 Å². The third-order valence-corrected chi connectivity index (χ3v) is 5.97. The molecule has 0 spiro atoms. The van der Waals surface area contributed by atoms with Crippen LogP contribution in [-0.2, 0) is 14.8 Å². The third kappa shape index (κ3) is 3.91. The van der Waals surface area contributed by atoms with Crippen molar-refractivity contribution >= 4 is 47.6 Å². The SMILES string of the molecule is CCN(CCOC)S(=O)(=O)c1c(N)cc(Br)cc1Br. The van der Waals surface area contributed by atoms with Gasteiger partial charge < -0.3 is 10.5 Å². The molecule has 108 valence electrons. The molecule has 0 aliphatic heterocycles. The van der Waals surface area contributed by atoms with Crippen molar-refractivity contribution in [3.8, 4) is 0 Å². The van der Waals surface area contributed by atoms with Crippen LogP contribution in [0.4, 0.5) is 5.69 Å². The number of rotatable bonds is 6. The van der Waals surface area contributed by atoms with Gasteiger partial charge in [0, 0.05) is 29.1 Å². The third-order valence-electron chi connectivity index (χ3n) is 2.53. The maximum Gasteiger partial charge on any atom is 0.246 e. The lowest BCUT2D eigenvalue weighted by atomic mass is 10.3. The number of nitrogens with two attached hydrogens (primary N) is 1. The fraction of sp³-hybridized carbons (Fsp3) is 0.455. The molecule has 0 aliphatic carbocycles. The monoisotopic (exact) mass is 414 g/mol. The average Bonchev–Trinajstić information content (AvgIpc) is 2.27. The van der Waals surface area contributed by atoms with Crippen LogP contribution in [0, 0.1) is 0 Å². The van der Waals surface area contributed by atoms with Crippen LogP contribution in [0.3, 0.4) is 0 Å². The van der Waals surface area contributed by atoms with Crippen LogP contribution in [0.15, 0.2) is 26.0 Å². The summed E-state index contributed by atoms with van der Waals surface area (Å²) in [6.45, 7) is 2.75. The van der Waals surface area contributed by atoms with Gasteiger partial charge in [-0.1, -0.05) is 22.9 Å². The smallest absolute Gasteiger partial charge is 0.246 e. The average molecular weight is 416 g/mol. The first kappa shape index (κ1) is 16.9. The van der Waals surface area contributed by atoms with E-state index in [0.29, 0.717) is 17.6 Å². The number of ether oxygens (including phenoxy) is 1. The van der Waals surface area contributed by atoms with Crippen molar-refractivity contribution in [2.24, 2.45) is 0 Å². The van der Waals surface area contributed by atoms with E-state index in [4.69, 9.17) is 10.5 Å². The number of anilines is 1. The van der Waals surface area contributed by atoms with E-state index in [2.05, 4.69) is 31.9 Å². The Bertz CT molecular complexity index is 526. The van der Waals surface area contributed by atoms with Gasteiger partial charge >= 0.3 is 0 Å². The van der Waals surface area contributed by atoms with Crippen molar-refractivity contribution in [3.05, 3.63) is 21.1 Å². The van der Waals surface area contributed by atoms with Gasteiger partial charge in [0.15, 0.2) is 0 Å². The van der Waals surface area contributed by atoms with Gasteiger partial charge in [0.1, 0.15) is 4.90 Å². The molecule has 0 atom stereocenters. The molecule has 0 fully saturated rings. The first-order chi connectivity index (χ1) is 8.84. The predicted molar refractivity (Wildman–Crippen MR) is 82.6 cm³/mol. The minimum atomic E-state index is -3.64. The van der Waals surface area contributed by atoms with E-state index in [-0.39, 0.29) is 17.1 Å². The molecular formula is C11H16Br2N2O3S. The molecule has 0 saturated carbocycles. The number of nitrogen functional groups attached to an aromatic ring is 1. The van der Waals surface area contributed by atoms with Gasteiger partial charge in [-0.25, -0.2) is 8.42 Å². The lowest BCUT2D eigenvalue weighted by Crippen LogP contribution is -2.34. The molecule has 0 radical (unpaired) electrons. The predicted octanol–water partition coefficient (Wildman–Crippen LogP) is 2.45. The molecule has 0 amide bonds. The van der Waals surface area contributed by atoms with Gasteiger partial charge in [0.05, 0.1) is 12.3 Å². The minimum Gasteiger partial charge on any atom is -0.398 e. The highest BCUT2D eigenvalue weighted by molar-refractivity contribution is 9.11. The summed E-state index contributed by atoms with van der Waals surface area (Å²) in [6, 6.07) is 3.23. The number of hydrogen-bond donors (Lipinski definition) is 1. The topological polar surface area (TPSA) is 72.6 Å². The highest BCUT2D eigenvalue weighted by atomic mass is 79.9. The standard InChI is InChI=1S/C11H16Br2N2O3S/c1-3-15(4-5-18-2)19(16,17)11-9(13)6-8(12)7-10(11)14/h6-7H,3-5,14H2,1-2H3. The second-order valence-electron chi connectivity index (χ2n) is 3.80. The highest BCUT2D eigenvalue weighted by Gasteiger charge is 2.27. The maximum atomic E-state index is 12.6. The Hall–Kier alpha value is -0.150. The Kier molecular flexibility index (Phi) is 6.25. The summed E-state index contributed by atoms with van der Waals surface area (Å²) >= 11 is 6.52. The number of hydrogen-bond acceptors (Lipinski definition) is 4. The molecule has 0 bridgehead atoms. The zero-order chi connectivity index (χ0) is 14.6. The van der Waals surface area contributed by atoms with E-state index in [1.54, 1.807) is 19.1 Å². The molecule has 1 aromatic carbocycles. The minimum absolute atomic E-state index is 0.0913. The first-order valence-corrected chi connectivity index (χ1v) is 8.60. The van der Waals surface area contributed by atoms with Crippen LogP contribution in [0.1, 0.15) is 6.92 Å². The largest absolute Gasteiger partial charge is 0.398 e. The van der Waals surface area contributed by atoms with Gasteiger partial charge in [-0.2, -0.15) is 4.31 Å². The Labute approximate surface area is 130 Å². The van der Waals surface area contributed by atoms with E-state index >= 15 is 0 Å². The van der Waals surface area contributed by atoms with Crippen LogP contribution in [0.2, 0.25) is 0 Å². The number of halogens is 2. The van der Waals surface area contributed by atoms with E-state index in [9.17, 15) is 8.42 Å². The van der Waals surface area contributed by atoms with E-state index < -0.39 is 10.0 Å². The Balaban J connectivity index is 3.26. The van der Waals surface area contributed by atoms with Gasteiger partial charge in [-0.15, -0.1) is 0 Å². The molecule has 0 aliphatic rings. The summed E-state index contributed by atoms with van der Waals surface area (Å²) in [5.41, 5.74) is 6.04. The quantitative estimate of drug-likeness (QED) is 0.724. The molecule has 5 nitrogen and oxygen atoms in total. The van der Waals surface area contributed by atoms with Crippen molar-refractivity contribution in [2.75, 3.05) is 32.5 Å². The second kappa shape index (κ2) is 7.03. The molecule has 19 heavy (non-hydrogen) atoms. The molecule has 0 unspecified atom stereocenters. The number of sulfonamides is 1. The van der Waals surface area contributed by atoms with Crippen LogP contribution in [0.5, 0.6) is 0 Å². The number of likely N-dealkylation sites (N-methyl/N-ethyl adjacent to an activating group) is 1. The molecule has 0 saturated heterocycles. The van der Waals surface area contributed by atoms with Gasteiger partial charge in [0.25, 0.3) is 0 Å². The maximum absolute atomic E-state index is 12.6. The molecule has 1 rings (SSSR count). The lowest BCUT2D eigenvalue weighted by Gasteiger charge is -2.22. The van der Waals surface area contributed by atoms with Crippen molar-refractivity contribution in [1.29, 1.82) is 0 Å². The van der Waals surface area contributed by atoms with E-state index in [0.717, 1.165) is 4.47 Å². The van der Waals surface area contributed by atoms with E-state index in [1.165, 1.54) is 11.4 Å². The van der Waals surface area contributed by atoms with Crippen LogP contribution >= 0.6 is 31.9 Å². The normalized spacial score (nSPS) is 12.1. The summed E-state index contributed by atoms with van der Waals surface area (Å²) in [7, 11) is -2.11. The summed E-state index contributed by atoms with van der Waals surface area (Å²) in [5, 5.41) is 0. The van der Waals surface area contributed by atoms with Gasteiger partial charge in [-0.05, 0) is 28.1 Å². The number of benzene rings is 1. The fourth-order valence-electron chi connectivity index (χ4n) is 1.62. The first-order valence-electron chi connectivity index (χ1n) is 5.58. The Morgan fingerprint density at radius 1 is 1.37 bits per heavy atom. The summed E-state index contributed by atoms with van der Waals surface area (Å²) in [6.07, 6.45) is 0. The summed E-state index contributed by atoms with van der Waals surface area (Å²) < 4.78 is 32.6. The molecule has 8 heteroatoms. The van der Waals surface area contributed by atoms with Crippen LogP contribution < -0.4 is 5.73 Å². The molecule has 0 aromatic heterocycles. The van der Waals surface area contributed by atoms with Crippen molar-refractivity contribution in [3.63, 3.8) is 0 Å². The number of nitrogens with zero attached hydrogens (tertiary/aromatic N) is 1. The van der Waals surface area contributed by atoms with E-state index in [1.807, 2.05) is 0 Å². The Morgan fingerprint density at radius 3 is 2.47 bits per heavy atom. The summed E-state index contributed by atoms with van der Waals surface area (Å²) in [5.74, 6) is 0. The zero-order valence-electron chi connectivity index (χ0n) is 10.7. The van der Waals surface area contributed by atoms with Crippen LogP contribution in [-0.4, -0.2) is 39.5 Å². The highest BCUT2D eigenvalue weighted by Crippen LogP contribution is 2.33. The number of methoxy groups -OCH3 is 1. The molecule has 1 aromatic rings. The van der Waals surface area contributed by atoms with Gasteiger partial charge in [-0.3, -0.25) is 0 Å². The lowest BCUT2D eigenvalue weighted by molar-refractivity contribution is 0.180. The van der Waals surface area contributed by atoms with Crippen LogP contribution in [0.25, 0.3) is 0 Å². The zero-order valence-corrected chi connectivity index (χ0v) is 14.7. The van der Waals surface area contributed by atoms with Crippen molar-refractivity contribution in [1.82, 2.24) is 4.31 Å². The van der Waals surface area contributed by atoms with Crippen molar-refractivity contribution in [2.45, 2.75) is 11.8 Å². The molecular weight excluding hydrogens is 400 g/mol. The molecule has 2 N–H and O–H groups in total.